The van der Waals surface area contributed by atoms with Gasteiger partial charge in [-0.25, -0.2) is 0 Å². The molecule has 2 rings (SSSR count). The fourth-order valence-corrected chi connectivity index (χ4v) is 2.27. The zero-order chi connectivity index (χ0) is 8.77. The summed E-state index contributed by atoms with van der Waals surface area (Å²) in [6.45, 7) is 4.34. The van der Waals surface area contributed by atoms with Gasteiger partial charge >= 0.3 is 5.97 Å². The molecule has 66 valence electrons. The summed E-state index contributed by atoms with van der Waals surface area (Å²) in [7, 11) is 0. The third-order valence-electron chi connectivity index (χ3n) is 3.26. The molecule has 0 N–H and O–H groups in total. The molecule has 1 saturated heterocycles. The number of allylic oxidation sites excluding steroid dienone is 1. The number of carbonyl (C=O) groups is 1. The summed E-state index contributed by atoms with van der Waals surface area (Å²) >= 11 is 0. The van der Waals surface area contributed by atoms with E-state index in [0.29, 0.717) is 12.3 Å². The van der Waals surface area contributed by atoms with E-state index in [4.69, 9.17) is 4.74 Å². The SMILES string of the molecule is CC(C)[C@@]12CC=C[C@@H]1OC(=O)C2. The number of ether oxygens (including phenoxy) is 1. The Bertz CT molecular complexity index is 242. The van der Waals surface area contributed by atoms with Crippen LogP contribution in [-0.4, -0.2) is 12.1 Å². The van der Waals surface area contributed by atoms with Crippen LogP contribution in [0.1, 0.15) is 26.7 Å². The van der Waals surface area contributed by atoms with Gasteiger partial charge in [-0.05, 0) is 18.4 Å². The highest BCUT2D eigenvalue weighted by Crippen LogP contribution is 2.49. The van der Waals surface area contributed by atoms with E-state index in [1.165, 1.54) is 0 Å². The molecule has 1 heterocycles. The lowest BCUT2D eigenvalue weighted by Gasteiger charge is -2.30. The Hall–Kier alpha value is -0.790. The van der Waals surface area contributed by atoms with E-state index in [1.54, 1.807) is 0 Å². The number of hydrogen-bond acceptors (Lipinski definition) is 2. The van der Waals surface area contributed by atoms with Crippen LogP contribution in [0, 0.1) is 11.3 Å². The lowest BCUT2D eigenvalue weighted by atomic mass is 9.72. The minimum absolute atomic E-state index is 0.0296. The van der Waals surface area contributed by atoms with E-state index in [2.05, 4.69) is 19.9 Å². The monoisotopic (exact) mass is 166 g/mol. The molecule has 1 aliphatic carbocycles. The van der Waals surface area contributed by atoms with Gasteiger partial charge in [0.1, 0.15) is 6.10 Å². The van der Waals surface area contributed by atoms with Crippen molar-refractivity contribution in [1.29, 1.82) is 0 Å². The molecular weight excluding hydrogens is 152 g/mol. The van der Waals surface area contributed by atoms with Gasteiger partial charge in [-0.15, -0.1) is 0 Å². The van der Waals surface area contributed by atoms with Crippen molar-refractivity contribution in [1.82, 2.24) is 0 Å². The van der Waals surface area contributed by atoms with E-state index >= 15 is 0 Å². The van der Waals surface area contributed by atoms with E-state index in [0.717, 1.165) is 6.42 Å². The first-order valence-electron chi connectivity index (χ1n) is 4.51. The standard InChI is InChI=1S/C10H14O2/c1-7(2)10-5-3-4-8(10)12-9(11)6-10/h3-4,7-8H,5-6H2,1-2H3/t8-,10-/m0/s1. The first-order valence-corrected chi connectivity index (χ1v) is 4.51. The Morgan fingerprint density at radius 1 is 1.67 bits per heavy atom. The summed E-state index contributed by atoms with van der Waals surface area (Å²) < 4.78 is 5.22. The van der Waals surface area contributed by atoms with Crippen molar-refractivity contribution in [3.8, 4) is 0 Å². The lowest BCUT2D eigenvalue weighted by molar-refractivity contribution is -0.140. The predicted octanol–water partition coefficient (Wildman–Crippen LogP) is 1.90. The van der Waals surface area contributed by atoms with Gasteiger partial charge in [0.25, 0.3) is 0 Å². The van der Waals surface area contributed by atoms with Crippen LogP contribution in [-0.2, 0) is 9.53 Å². The van der Waals surface area contributed by atoms with Crippen LogP contribution in [0.4, 0.5) is 0 Å². The summed E-state index contributed by atoms with van der Waals surface area (Å²) in [6.07, 6.45) is 5.83. The molecule has 2 aliphatic rings. The Kier molecular flexibility index (Phi) is 1.53. The van der Waals surface area contributed by atoms with Crippen molar-refractivity contribution in [2.75, 3.05) is 0 Å². The van der Waals surface area contributed by atoms with Crippen molar-refractivity contribution in [2.45, 2.75) is 32.8 Å². The highest BCUT2D eigenvalue weighted by atomic mass is 16.6. The summed E-state index contributed by atoms with van der Waals surface area (Å²) in [4.78, 5) is 11.1. The Labute approximate surface area is 72.6 Å². The van der Waals surface area contributed by atoms with E-state index < -0.39 is 0 Å². The summed E-state index contributed by atoms with van der Waals surface area (Å²) in [6, 6.07) is 0. The van der Waals surface area contributed by atoms with Crippen molar-refractivity contribution >= 4 is 5.97 Å². The summed E-state index contributed by atoms with van der Waals surface area (Å²) in [5.74, 6) is 0.488. The first-order chi connectivity index (χ1) is 5.65. The van der Waals surface area contributed by atoms with Crippen LogP contribution < -0.4 is 0 Å². The van der Waals surface area contributed by atoms with Gasteiger partial charge in [0.2, 0.25) is 0 Å². The molecule has 2 nitrogen and oxygen atoms in total. The molecule has 1 aliphatic heterocycles. The van der Waals surface area contributed by atoms with E-state index in [-0.39, 0.29) is 17.5 Å². The molecule has 0 aromatic rings. The Morgan fingerprint density at radius 2 is 2.42 bits per heavy atom. The molecule has 0 aromatic carbocycles. The van der Waals surface area contributed by atoms with Gasteiger partial charge in [0.15, 0.2) is 0 Å². The fraction of sp³-hybridized carbons (Fsp3) is 0.700. The maximum absolute atomic E-state index is 11.1. The molecular formula is C10H14O2. The van der Waals surface area contributed by atoms with Crippen LogP contribution in [0.25, 0.3) is 0 Å². The van der Waals surface area contributed by atoms with Crippen LogP contribution >= 0.6 is 0 Å². The van der Waals surface area contributed by atoms with Crippen LogP contribution in [0.15, 0.2) is 12.2 Å². The smallest absolute Gasteiger partial charge is 0.307 e. The number of rotatable bonds is 1. The number of esters is 1. The van der Waals surface area contributed by atoms with Crippen molar-refractivity contribution in [2.24, 2.45) is 11.3 Å². The summed E-state index contributed by atoms with van der Waals surface area (Å²) in [5, 5.41) is 0. The van der Waals surface area contributed by atoms with Crippen LogP contribution in [0.2, 0.25) is 0 Å². The number of carbonyl (C=O) groups excluding carboxylic acids is 1. The first kappa shape index (κ1) is 7.84. The zero-order valence-electron chi connectivity index (χ0n) is 7.54. The topological polar surface area (TPSA) is 26.3 Å². The van der Waals surface area contributed by atoms with Gasteiger partial charge in [0, 0.05) is 5.41 Å². The number of fused-ring (bicyclic) bond motifs is 1. The average Bonchev–Trinajstić information content (AvgIpc) is 2.42. The third kappa shape index (κ3) is 0.838. The van der Waals surface area contributed by atoms with Crippen LogP contribution in [0.5, 0.6) is 0 Å². The fourth-order valence-electron chi connectivity index (χ4n) is 2.27. The molecule has 2 heteroatoms. The normalized spacial score (nSPS) is 38.9. The molecule has 1 fully saturated rings. The molecule has 0 unspecified atom stereocenters. The summed E-state index contributed by atoms with van der Waals surface area (Å²) in [5.41, 5.74) is 0.0943. The molecule has 2 atom stereocenters. The second-order valence-corrected chi connectivity index (χ2v) is 4.11. The average molecular weight is 166 g/mol. The maximum atomic E-state index is 11.1. The molecule has 0 amide bonds. The van der Waals surface area contributed by atoms with Gasteiger partial charge in [-0.3, -0.25) is 4.79 Å². The minimum atomic E-state index is -0.0296. The molecule has 0 spiro atoms. The lowest BCUT2D eigenvalue weighted by Crippen LogP contribution is -2.31. The quantitative estimate of drug-likeness (QED) is 0.439. The second kappa shape index (κ2) is 2.35. The zero-order valence-corrected chi connectivity index (χ0v) is 7.54. The van der Waals surface area contributed by atoms with Gasteiger partial charge in [-0.2, -0.15) is 0 Å². The largest absolute Gasteiger partial charge is 0.457 e. The highest BCUT2D eigenvalue weighted by Gasteiger charge is 2.51. The van der Waals surface area contributed by atoms with Gasteiger partial charge in [-0.1, -0.05) is 19.9 Å². The molecule has 0 saturated carbocycles. The predicted molar refractivity (Wildman–Crippen MR) is 45.5 cm³/mol. The number of hydrogen-bond donors (Lipinski definition) is 0. The van der Waals surface area contributed by atoms with Crippen LogP contribution in [0.3, 0.4) is 0 Å². The molecule has 0 radical (unpaired) electrons. The molecule has 12 heavy (non-hydrogen) atoms. The molecule has 0 aromatic heterocycles. The Balaban J connectivity index is 2.29. The minimum Gasteiger partial charge on any atom is -0.457 e. The maximum Gasteiger partial charge on any atom is 0.307 e. The highest BCUT2D eigenvalue weighted by molar-refractivity contribution is 5.74. The van der Waals surface area contributed by atoms with Crippen molar-refractivity contribution in [3.63, 3.8) is 0 Å². The van der Waals surface area contributed by atoms with Gasteiger partial charge < -0.3 is 4.74 Å². The Morgan fingerprint density at radius 3 is 3.00 bits per heavy atom. The third-order valence-corrected chi connectivity index (χ3v) is 3.26. The second-order valence-electron chi connectivity index (χ2n) is 4.11. The molecule has 0 bridgehead atoms. The van der Waals surface area contributed by atoms with Crippen molar-refractivity contribution in [3.05, 3.63) is 12.2 Å². The van der Waals surface area contributed by atoms with Crippen molar-refractivity contribution < 1.29 is 9.53 Å². The van der Waals surface area contributed by atoms with Gasteiger partial charge in [0.05, 0.1) is 6.42 Å². The van der Waals surface area contributed by atoms with E-state index in [1.807, 2.05) is 6.08 Å². The van der Waals surface area contributed by atoms with E-state index in [9.17, 15) is 4.79 Å².